The maximum absolute atomic E-state index is 12.0. The zero-order chi connectivity index (χ0) is 16.1. The number of hydrogen-bond acceptors (Lipinski definition) is 4. The van der Waals surface area contributed by atoms with Crippen molar-refractivity contribution in [3.63, 3.8) is 0 Å². The summed E-state index contributed by atoms with van der Waals surface area (Å²) in [6, 6.07) is 6.79. The number of ether oxygens (including phenoxy) is 2. The maximum Gasteiger partial charge on any atom is 0.248 e. The molecular weight excluding hydrogens is 306 g/mol. The number of hydrogen-bond donors (Lipinski definition) is 1. The van der Waals surface area contributed by atoms with Crippen LogP contribution in [-0.2, 0) is 4.79 Å². The van der Waals surface area contributed by atoms with Gasteiger partial charge in [0.25, 0.3) is 0 Å². The summed E-state index contributed by atoms with van der Waals surface area (Å²) in [6.45, 7) is 1.84. The zero-order valence-electron chi connectivity index (χ0n) is 12.5. The lowest BCUT2D eigenvalue weighted by Crippen LogP contribution is -2.09. The number of methoxy groups -OCH3 is 2. The highest BCUT2D eigenvalue weighted by molar-refractivity contribution is 6.32. The van der Waals surface area contributed by atoms with Crippen LogP contribution in [0.2, 0.25) is 5.02 Å². The van der Waals surface area contributed by atoms with E-state index in [-0.39, 0.29) is 5.91 Å². The smallest absolute Gasteiger partial charge is 0.248 e. The van der Waals surface area contributed by atoms with Crippen molar-refractivity contribution in [2.24, 2.45) is 0 Å². The molecule has 0 aliphatic carbocycles. The summed E-state index contributed by atoms with van der Waals surface area (Å²) in [5, 5.41) is 3.11. The van der Waals surface area contributed by atoms with Crippen molar-refractivity contribution in [3.05, 3.63) is 46.9 Å². The van der Waals surface area contributed by atoms with Crippen LogP contribution in [0.15, 0.2) is 34.8 Å². The third-order valence-electron chi connectivity index (χ3n) is 2.89. The van der Waals surface area contributed by atoms with E-state index < -0.39 is 0 Å². The van der Waals surface area contributed by atoms with Crippen LogP contribution in [0.3, 0.4) is 0 Å². The molecule has 0 saturated heterocycles. The number of furan rings is 1. The first kappa shape index (κ1) is 16.0. The van der Waals surface area contributed by atoms with Crippen LogP contribution in [0, 0.1) is 6.92 Å². The molecule has 0 bridgehead atoms. The molecule has 0 aliphatic heterocycles. The lowest BCUT2D eigenvalue weighted by molar-refractivity contribution is -0.111. The number of benzene rings is 1. The lowest BCUT2D eigenvalue weighted by Gasteiger charge is -2.12. The first-order chi connectivity index (χ1) is 10.5. The van der Waals surface area contributed by atoms with Crippen molar-refractivity contribution in [1.82, 2.24) is 0 Å². The third-order valence-corrected chi connectivity index (χ3v) is 3.19. The molecule has 1 heterocycles. The van der Waals surface area contributed by atoms with Gasteiger partial charge in [0.1, 0.15) is 23.0 Å². The molecule has 2 rings (SSSR count). The summed E-state index contributed by atoms with van der Waals surface area (Å²) < 4.78 is 15.7. The van der Waals surface area contributed by atoms with E-state index in [9.17, 15) is 4.79 Å². The predicted octanol–water partition coefficient (Wildman–Crippen LogP) is 3.91. The quantitative estimate of drug-likeness (QED) is 0.848. The zero-order valence-corrected chi connectivity index (χ0v) is 13.2. The first-order valence-corrected chi connectivity index (χ1v) is 6.88. The molecule has 0 aliphatic rings. The van der Waals surface area contributed by atoms with Crippen LogP contribution in [0.1, 0.15) is 11.5 Å². The molecule has 1 amide bonds. The minimum Gasteiger partial charge on any atom is -0.495 e. The summed E-state index contributed by atoms with van der Waals surface area (Å²) in [7, 11) is 2.99. The Morgan fingerprint density at radius 1 is 1.23 bits per heavy atom. The molecule has 6 heteroatoms. The van der Waals surface area contributed by atoms with Gasteiger partial charge in [0, 0.05) is 18.2 Å². The number of halogens is 1. The van der Waals surface area contributed by atoms with Gasteiger partial charge in [0.15, 0.2) is 0 Å². The Kier molecular flexibility index (Phi) is 5.12. The molecule has 0 unspecified atom stereocenters. The summed E-state index contributed by atoms with van der Waals surface area (Å²) in [4.78, 5) is 12.0. The molecule has 1 aromatic carbocycles. The fraction of sp³-hybridized carbons (Fsp3) is 0.188. The summed E-state index contributed by atoms with van der Waals surface area (Å²) in [6.07, 6.45) is 2.96. The Balaban J connectivity index is 2.15. The van der Waals surface area contributed by atoms with Crippen LogP contribution in [-0.4, -0.2) is 20.1 Å². The van der Waals surface area contributed by atoms with Crippen LogP contribution in [0.4, 0.5) is 5.69 Å². The molecule has 5 nitrogen and oxygen atoms in total. The van der Waals surface area contributed by atoms with E-state index in [2.05, 4.69) is 5.32 Å². The van der Waals surface area contributed by atoms with E-state index in [1.54, 1.807) is 24.3 Å². The minimum atomic E-state index is -0.322. The number of aryl methyl sites for hydroxylation is 1. The fourth-order valence-corrected chi connectivity index (χ4v) is 2.06. The van der Waals surface area contributed by atoms with Gasteiger partial charge < -0.3 is 19.2 Å². The highest BCUT2D eigenvalue weighted by Gasteiger charge is 2.11. The van der Waals surface area contributed by atoms with Crippen LogP contribution in [0.25, 0.3) is 6.08 Å². The number of carbonyl (C=O) groups excluding carboxylic acids is 1. The van der Waals surface area contributed by atoms with Crippen molar-refractivity contribution in [2.45, 2.75) is 6.92 Å². The molecule has 0 spiro atoms. The Morgan fingerprint density at radius 3 is 2.55 bits per heavy atom. The molecule has 0 radical (unpaired) electrons. The van der Waals surface area contributed by atoms with Crippen molar-refractivity contribution in [1.29, 1.82) is 0 Å². The first-order valence-electron chi connectivity index (χ1n) is 6.50. The Bertz CT molecular complexity index is 706. The van der Waals surface area contributed by atoms with Crippen molar-refractivity contribution >= 4 is 29.3 Å². The third kappa shape index (κ3) is 3.83. The highest BCUT2D eigenvalue weighted by atomic mass is 35.5. The topological polar surface area (TPSA) is 60.7 Å². The standard InChI is InChI=1S/C16H16ClNO4/c1-10-4-5-11(22-10)6-7-16(19)18-13-9-14(20-2)12(17)8-15(13)21-3/h4-9H,1-3H3,(H,18,19)/b7-6+. The second-order valence-corrected chi connectivity index (χ2v) is 4.87. The Labute approximate surface area is 133 Å². The van der Waals surface area contributed by atoms with Crippen molar-refractivity contribution < 1.29 is 18.7 Å². The molecule has 22 heavy (non-hydrogen) atoms. The average molecular weight is 322 g/mol. The molecule has 2 aromatic rings. The summed E-state index contributed by atoms with van der Waals surface area (Å²) in [5.41, 5.74) is 0.467. The molecule has 1 N–H and O–H groups in total. The van der Waals surface area contributed by atoms with Gasteiger partial charge in [0.05, 0.1) is 24.9 Å². The molecule has 0 atom stereocenters. The monoisotopic (exact) mass is 321 g/mol. The van der Waals surface area contributed by atoms with E-state index in [1.807, 2.05) is 13.0 Å². The molecule has 0 saturated carbocycles. The second-order valence-electron chi connectivity index (χ2n) is 4.46. The summed E-state index contributed by atoms with van der Waals surface area (Å²) in [5.74, 6) is 1.96. The number of amides is 1. The molecular formula is C16H16ClNO4. The van der Waals surface area contributed by atoms with Crippen molar-refractivity contribution in [2.75, 3.05) is 19.5 Å². The average Bonchev–Trinajstić information content (AvgIpc) is 2.92. The molecule has 116 valence electrons. The predicted molar refractivity (Wildman–Crippen MR) is 85.7 cm³/mol. The van der Waals surface area contributed by atoms with Crippen LogP contribution in [0.5, 0.6) is 11.5 Å². The van der Waals surface area contributed by atoms with Gasteiger partial charge in [-0.15, -0.1) is 0 Å². The molecule has 0 fully saturated rings. The number of carbonyl (C=O) groups is 1. The normalized spacial score (nSPS) is 10.7. The van der Waals surface area contributed by atoms with Gasteiger partial charge in [-0.3, -0.25) is 4.79 Å². The number of anilines is 1. The van der Waals surface area contributed by atoms with E-state index in [4.69, 9.17) is 25.5 Å². The van der Waals surface area contributed by atoms with Gasteiger partial charge >= 0.3 is 0 Å². The van der Waals surface area contributed by atoms with E-state index in [1.165, 1.54) is 20.3 Å². The van der Waals surface area contributed by atoms with Crippen LogP contribution >= 0.6 is 11.6 Å². The summed E-state index contributed by atoms with van der Waals surface area (Å²) >= 11 is 6.02. The van der Waals surface area contributed by atoms with E-state index in [0.29, 0.717) is 28.0 Å². The van der Waals surface area contributed by atoms with Gasteiger partial charge in [-0.05, 0) is 25.1 Å². The highest BCUT2D eigenvalue weighted by Crippen LogP contribution is 2.35. The van der Waals surface area contributed by atoms with Gasteiger partial charge in [0.2, 0.25) is 5.91 Å². The second kappa shape index (κ2) is 7.04. The van der Waals surface area contributed by atoms with E-state index >= 15 is 0 Å². The fourth-order valence-electron chi connectivity index (χ4n) is 1.83. The van der Waals surface area contributed by atoms with Crippen LogP contribution < -0.4 is 14.8 Å². The number of rotatable bonds is 5. The Hall–Kier alpha value is -2.40. The molecule has 1 aromatic heterocycles. The Morgan fingerprint density at radius 2 is 1.95 bits per heavy atom. The van der Waals surface area contributed by atoms with Gasteiger partial charge in [-0.2, -0.15) is 0 Å². The lowest BCUT2D eigenvalue weighted by atomic mass is 10.2. The SMILES string of the molecule is COc1cc(NC(=O)/C=C/c2ccc(C)o2)c(OC)cc1Cl. The van der Waals surface area contributed by atoms with Gasteiger partial charge in [-0.1, -0.05) is 11.6 Å². The van der Waals surface area contributed by atoms with E-state index in [0.717, 1.165) is 5.76 Å². The minimum absolute atomic E-state index is 0.322. The van der Waals surface area contributed by atoms with Gasteiger partial charge in [-0.25, -0.2) is 0 Å². The maximum atomic E-state index is 12.0. The largest absolute Gasteiger partial charge is 0.495 e. The number of nitrogens with one attached hydrogen (secondary N) is 1. The van der Waals surface area contributed by atoms with Crippen molar-refractivity contribution in [3.8, 4) is 11.5 Å².